The highest BCUT2D eigenvalue weighted by atomic mass is 16.6. The Morgan fingerprint density at radius 1 is 1.80 bits per heavy atom. The van der Waals surface area contributed by atoms with Crippen molar-refractivity contribution in [2.75, 3.05) is 13.2 Å². The Morgan fingerprint density at radius 2 is 2.50 bits per heavy atom. The molecule has 10 heavy (non-hydrogen) atoms. The van der Waals surface area contributed by atoms with E-state index in [4.69, 9.17) is 9.47 Å². The first-order valence-corrected chi connectivity index (χ1v) is 3.69. The second kappa shape index (κ2) is 3.06. The lowest BCUT2D eigenvalue weighted by Crippen LogP contribution is -2.46. The van der Waals surface area contributed by atoms with E-state index in [9.17, 15) is 0 Å². The summed E-state index contributed by atoms with van der Waals surface area (Å²) in [5.74, 6) is 0. The van der Waals surface area contributed by atoms with Gasteiger partial charge in [0.1, 0.15) is 12.2 Å². The molecule has 58 valence electrons. The maximum Gasteiger partial charge on any atom is 0.116 e. The van der Waals surface area contributed by atoms with Crippen LogP contribution in [0.15, 0.2) is 12.8 Å². The number of rotatable bonds is 4. The molecule has 0 bridgehead atoms. The maximum absolute atomic E-state index is 5.40. The van der Waals surface area contributed by atoms with Crippen molar-refractivity contribution in [1.29, 1.82) is 0 Å². The molecule has 0 N–H and O–H groups in total. The normalized spacial score (nSPS) is 30.9. The van der Waals surface area contributed by atoms with E-state index >= 15 is 0 Å². The molecule has 0 saturated carbocycles. The van der Waals surface area contributed by atoms with Gasteiger partial charge >= 0.3 is 0 Å². The molecule has 0 amide bonds. The van der Waals surface area contributed by atoms with Crippen molar-refractivity contribution in [3.05, 3.63) is 12.8 Å². The lowest BCUT2D eigenvalue weighted by Gasteiger charge is -2.40. The molecule has 1 heterocycles. The van der Waals surface area contributed by atoms with Gasteiger partial charge in [-0.2, -0.15) is 0 Å². The van der Waals surface area contributed by atoms with E-state index in [-0.39, 0.29) is 5.60 Å². The fraction of sp³-hybridized carbons (Fsp3) is 0.750. The molecule has 1 atom stereocenters. The molecule has 1 saturated heterocycles. The molecule has 0 radical (unpaired) electrons. The first kappa shape index (κ1) is 7.61. The van der Waals surface area contributed by atoms with Gasteiger partial charge in [0.25, 0.3) is 0 Å². The zero-order valence-electron chi connectivity index (χ0n) is 6.43. The maximum atomic E-state index is 5.40. The van der Waals surface area contributed by atoms with Crippen molar-refractivity contribution in [3.63, 3.8) is 0 Å². The van der Waals surface area contributed by atoms with Crippen molar-refractivity contribution in [3.8, 4) is 0 Å². The molecule has 0 aromatic carbocycles. The highest BCUT2D eigenvalue weighted by Crippen LogP contribution is 2.29. The summed E-state index contributed by atoms with van der Waals surface area (Å²) in [6.45, 7) is 7.14. The summed E-state index contributed by atoms with van der Waals surface area (Å²) in [6, 6.07) is 0. The molecule has 0 aromatic rings. The van der Waals surface area contributed by atoms with Gasteiger partial charge in [0.15, 0.2) is 0 Å². The summed E-state index contributed by atoms with van der Waals surface area (Å²) in [7, 11) is 0. The molecule has 1 rings (SSSR count). The molecule has 2 nitrogen and oxygen atoms in total. The Balaban J connectivity index is 2.26. The van der Waals surface area contributed by atoms with Gasteiger partial charge in [0, 0.05) is 6.42 Å². The average molecular weight is 142 g/mol. The van der Waals surface area contributed by atoms with Crippen molar-refractivity contribution < 1.29 is 9.47 Å². The lowest BCUT2D eigenvalue weighted by molar-refractivity contribution is -0.172. The number of hydrogen-bond donors (Lipinski definition) is 0. The molecule has 1 aliphatic heterocycles. The number of hydrogen-bond acceptors (Lipinski definition) is 2. The van der Waals surface area contributed by atoms with Gasteiger partial charge in [-0.3, -0.25) is 0 Å². The van der Waals surface area contributed by atoms with Crippen LogP contribution in [0.4, 0.5) is 0 Å². The second-order valence-corrected chi connectivity index (χ2v) is 2.61. The molecule has 1 fully saturated rings. The van der Waals surface area contributed by atoms with E-state index in [0.29, 0.717) is 6.61 Å². The Hall–Kier alpha value is -0.500. The minimum Gasteiger partial charge on any atom is -0.499 e. The summed E-state index contributed by atoms with van der Waals surface area (Å²) in [5, 5.41) is 0. The minimum atomic E-state index is 0.0220. The number of ether oxygens (including phenoxy) is 2. The first-order valence-electron chi connectivity index (χ1n) is 3.69. The van der Waals surface area contributed by atoms with E-state index in [2.05, 4.69) is 13.5 Å². The van der Waals surface area contributed by atoms with Crippen molar-refractivity contribution >= 4 is 0 Å². The van der Waals surface area contributed by atoms with Gasteiger partial charge in [-0.1, -0.05) is 13.5 Å². The summed E-state index contributed by atoms with van der Waals surface area (Å²) < 4.78 is 10.5. The van der Waals surface area contributed by atoms with Crippen LogP contribution in [0.2, 0.25) is 0 Å². The van der Waals surface area contributed by atoms with E-state index < -0.39 is 0 Å². The predicted octanol–water partition coefficient (Wildman–Crippen LogP) is 1.72. The first-order chi connectivity index (χ1) is 4.83. The van der Waals surface area contributed by atoms with E-state index in [1.807, 2.05) is 0 Å². The fourth-order valence-electron chi connectivity index (χ4n) is 1.10. The Kier molecular flexibility index (Phi) is 2.33. The van der Waals surface area contributed by atoms with Crippen LogP contribution in [0.25, 0.3) is 0 Å². The third kappa shape index (κ3) is 1.32. The molecule has 0 aromatic heterocycles. The lowest BCUT2D eigenvalue weighted by atomic mass is 9.93. The highest BCUT2D eigenvalue weighted by Gasteiger charge is 2.36. The van der Waals surface area contributed by atoms with Crippen LogP contribution in [-0.4, -0.2) is 18.8 Å². The molecule has 1 aliphatic rings. The molecule has 0 spiro atoms. The fourth-order valence-corrected chi connectivity index (χ4v) is 1.10. The van der Waals surface area contributed by atoms with Gasteiger partial charge in [-0.15, -0.1) is 0 Å². The summed E-state index contributed by atoms with van der Waals surface area (Å²) >= 11 is 0. The van der Waals surface area contributed by atoms with E-state index in [1.54, 1.807) is 0 Å². The second-order valence-electron chi connectivity index (χ2n) is 2.61. The van der Waals surface area contributed by atoms with E-state index in [1.165, 1.54) is 6.26 Å². The highest BCUT2D eigenvalue weighted by molar-refractivity contribution is 4.86. The Bertz CT molecular complexity index is 111. The van der Waals surface area contributed by atoms with Crippen molar-refractivity contribution in [2.45, 2.75) is 25.4 Å². The molecule has 0 aliphatic carbocycles. The van der Waals surface area contributed by atoms with Crippen LogP contribution in [-0.2, 0) is 9.47 Å². The summed E-state index contributed by atoms with van der Waals surface area (Å²) in [4.78, 5) is 0. The van der Waals surface area contributed by atoms with Crippen LogP contribution in [0.5, 0.6) is 0 Å². The van der Waals surface area contributed by atoms with Crippen LogP contribution in [0.1, 0.15) is 19.8 Å². The molecular formula is C8H14O2. The minimum absolute atomic E-state index is 0.0220. The van der Waals surface area contributed by atoms with Gasteiger partial charge in [-0.05, 0) is 6.42 Å². The SMILES string of the molecule is C=COCC1(CC)CCO1. The van der Waals surface area contributed by atoms with Crippen molar-refractivity contribution in [1.82, 2.24) is 0 Å². The topological polar surface area (TPSA) is 18.5 Å². The monoisotopic (exact) mass is 142 g/mol. The van der Waals surface area contributed by atoms with Gasteiger partial charge in [0.05, 0.1) is 12.9 Å². The van der Waals surface area contributed by atoms with Crippen LogP contribution < -0.4 is 0 Å². The zero-order chi connectivity index (χ0) is 7.45. The third-order valence-corrected chi connectivity index (χ3v) is 2.07. The third-order valence-electron chi connectivity index (χ3n) is 2.07. The Labute approximate surface area is 61.8 Å². The Morgan fingerprint density at radius 3 is 2.80 bits per heavy atom. The predicted molar refractivity (Wildman–Crippen MR) is 39.7 cm³/mol. The van der Waals surface area contributed by atoms with Crippen molar-refractivity contribution in [2.24, 2.45) is 0 Å². The zero-order valence-corrected chi connectivity index (χ0v) is 6.43. The van der Waals surface area contributed by atoms with Crippen LogP contribution in [0.3, 0.4) is 0 Å². The summed E-state index contributed by atoms with van der Waals surface area (Å²) in [5.41, 5.74) is 0.0220. The van der Waals surface area contributed by atoms with Gasteiger partial charge < -0.3 is 9.47 Å². The quantitative estimate of drug-likeness (QED) is 0.556. The molecular weight excluding hydrogens is 128 g/mol. The largest absolute Gasteiger partial charge is 0.499 e. The van der Waals surface area contributed by atoms with Crippen LogP contribution in [0, 0.1) is 0 Å². The standard InChI is InChI=1S/C8H14O2/c1-3-8(5-6-10-8)7-9-4-2/h4H,2-3,5-7H2,1H3. The smallest absolute Gasteiger partial charge is 0.116 e. The van der Waals surface area contributed by atoms with Gasteiger partial charge in [0.2, 0.25) is 0 Å². The molecule has 2 heteroatoms. The van der Waals surface area contributed by atoms with Gasteiger partial charge in [-0.25, -0.2) is 0 Å². The molecule has 1 unspecified atom stereocenters. The average Bonchev–Trinajstić information content (AvgIpc) is 1.87. The van der Waals surface area contributed by atoms with Crippen LogP contribution >= 0.6 is 0 Å². The summed E-state index contributed by atoms with van der Waals surface area (Å²) in [6.07, 6.45) is 3.62. The van der Waals surface area contributed by atoms with E-state index in [0.717, 1.165) is 19.4 Å².